The second-order valence-corrected chi connectivity index (χ2v) is 5.60. The normalized spacial score (nSPS) is 21.1. The molecule has 0 saturated heterocycles. The quantitative estimate of drug-likeness (QED) is 0.348. The summed E-state index contributed by atoms with van der Waals surface area (Å²) in [5, 5.41) is 16.4. The summed E-state index contributed by atoms with van der Waals surface area (Å²) in [6, 6.07) is 6.19. The fourth-order valence-electron chi connectivity index (χ4n) is 1.99. The number of aliphatic hydroxyl groups excluding tert-OH is 1. The minimum Gasteiger partial charge on any atom is -0.491 e. The van der Waals surface area contributed by atoms with Crippen molar-refractivity contribution in [3.63, 3.8) is 0 Å². The highest BCUT2D eigenvalue weighted by molar-refractivity contribution is 14.0. The number of nitrogens with zero attached hydrogens (tertiary/aromatic N) is 1. The number of nitrogens with one attached hydrogen (secondary N) is 2. The summed E-state index contributed by atoms with van der Waals surface area (Å²) in [5.74, 6) is 1.61. The first-order chi connectivity index (χ1) is 10.6. The van der Waals surface area contributed by atoms with Crippen LogP contribution < -0.4 is 15.4 Å². The van der Waals surface area contributed by atoms with E-state index in [1.54, 1.807) is 0 Å². The van der Waals surface area contributed by atoms with Crippen molar-refractivity contribution in [3.8, 4) is 5.75 Å². The molecule has 1 aliphatic rings. The number of ether oxygens (including phenoxy) is 1. The van der Waals surface area contributed by atoms with E-state index in [1.165, 1.54) is 24.3 Å². The Kier molecular flexibility index (Phi) is 8.60. The summed E-state index contributed by atoms with van der Waals surface area (Å²) >= 11 is 0. The Balaban J connectivity index is 0.00000264. The van der Waals surface area contributed by atoms with Crippen LogP contribution in [0.1, 0.15) is 20.3 Å². The lowest BCUT2D eigenvalue weighted by Crippen LogP contribution is -2.40. The Morgan fingerprint density at radius 3 is 2.65 bits per heavy atom. The topological polar surface area (TPSA) is 65.9 Å². The maximum absolute atomic E-state index is 12.8. The molecule has 0 aromatic heterocycles. The third kappa shape index (κ3) is 7.34. The van der Waals surface area contributed by atoms with Crippen LogP contribution in [0.4, 0.5) is 4.39 Å². The number of benzene rings is 1. The third-order valence-electron chi connectivity index (χ3n) is 3.49. The van der Waals surface area contributed by atoms with Gasteiger partial charge in [0.15, 0.2) is 5.96 Å². The van der Waals surface area contributed by atoms with E-state index in [0.29, 0.717) is 17.7 Å². The fourth-order valence-corrected chi connectivity index (χ4v) is 1.99. The van der Waals surface area contributed by atoms with Gasteiger partial charge in [0, 0.05) is 12.6 Å². The van der Waals surface area contributed by atoms with E-state index in [2.05, 4.69) is 22.5 Å². The predicted octanol–water partition coefficient (Wildman–Crippen LogP) is 2.15. The molecule has 0 amide bonds. The molecule has 3 atom stereocenters. The van der Waals surface area contributed by atoms with Crippen molar-refractivity contribution in [1.82, 2.24) is 10.6 Å². The number of hydrogen-bond donors (Lipinski definition) is 3. The van der Waals surface area contributed by atoms with E-state index in [4.69, 9.17) is 4.74 Å². The maximum Gasteiger partial charge on any atom is 0.191 e. The first-order valence-electron chi connectivity index (χ1n) is 7.69. The molecule has 3 N–H and O–H groups in total. The van der Waals surface area contributed by atoms with Crippen molar-refractivity contribution in [1.29, 1.82) is 0 Å². The number of guanidine groups is 1. The van der Waals surface area contributed by atoms with Gasteiger partial charge in [0.1, 0.15) is 24.3 Å². The lowest BCUT2D eigenvalue weighted by Gasteiger charge is -2.13. The number of rotatable bonds is 7. The molecule has 1 fully saturated rings. The number of halogens is 2. The summed E-state index contributed by atoms with van der Waals surface area (Å²) in [6.45, 7) is 5.33. The first kappa shape index (κ1) is 20.0. The van der Waals surface area contributed by atoms with Crippen LogP contribution in [0.25, 0.3) is 0 Å². The molecule has 3 unspecified atom stereocenters. The summed E-state index contributed by atoms with van der Waals surface area (Å²) in [6.07, 6.45) is 0.442. The Hall–Kier alpha value is -1.09. The number of aliphatic imine (C=N–C) groups is 1. The summed E-state index contributed by atoms with van der Waals surface area (Å²) in [5.41, 5.74) is 0. The van der Waals surface area contributed by atoms with Gasteiger partial charge in [-0.1, -0.05) is 6.92 Å². The third-order valence-corrected chi connectivity index (χ3v) is 3.49. The molecule has 0 spiro atoms. The predicted molar refractivity (Wildman–Crippen MR) is 100 cm³/mol. The molecule has 23 heavy (non-hydrogen) atoms. The SMILES string of the molecule is CCNC(=NCC(O)COc1ccc(F)cc1)NC1CC1C.I. The van der Waals surface area contributed by atoms with Gasteiger partial charge in [0.2, 0.25) is 0 Å². The minimum absolute atomic E-state index is 0. The summed E-state index contributed by atoms with van der Waals surface area (Å²) in [7, 11) is 0. The Labute approximate surface area is 153 Å². The van der Waals surface area contributed by atoms with Crippen LogP contribution in [-0.4, -0.2) is 42.9 Å². The molecule has 0 aliphatic heterocycles. The second kappa shape index (κ2) is 9.92. The standard InChI is InChI=1S/C16H24FN3O2.HI/c1-3-18-16(20-15-8-11(15)2)19-9-13(21)10-22-14-6-4-12(17)5-7-14;/h4-7,11,13,15,21H,3,8-10H2,1-2H3,(H2,18,19,20);1H. The summed E-state index contributed by atoms with van der Waals surface area (Å²) < 4.78 is 18.2. The van der Waals surface area contributed by atoms with Crippen molar-refractivity contribution < 1.29 is 14.2 Å². The van der Waals surface area contributed by atoms with Gasteiger partial charge in [-0.25, -0.2) is 4.39 Å². The second-order valence-electron chi connectivity index (χ2n) is 5.60. The zero-order valence-electron chi connectivity index (χ0n) is 13.5. The van der Waals surface area contributed by atoms with Gasteiger partial charge in [-0.15, -0.1) is 24.0 Å². The highest BCUT2D eigenvalue weighted by Gasteiger charge is 2.33. The van der Waals surface area contributed by atoms with Crippen LogP contribution >= 0.6 is 24.0 Å². The van der Waals surface area contributed by atoms with Gasteiger partial charge >= 0.3 is 0 Å². The van der Waals surface area contributed by atoms with E-state index in [1.807, 2.05) is 6.92 Å². The minimum atomic E-state index is -0.711. The molecule has 0 bridgehead atoms. The van der Waals surface area contributed by atoms with Gasteiger partial charge in [0.25, 0.3) is 0 Å². The number of aliphatic hydroxyl groups is 1. The van der Waals surface area contributed by atoms with Gasteiger partial charge < -0.3 is 20.5 Å². The largest absolute Gasteiger partial charge is 0.491 e. The van der Waals surface area contributed by atoms with Crippen LogP contribution in [0.5, 0.6) is 5.75 Å². The van der Waals surface area contributed by atoms with Crippen LogP contribution in [0.2, 0.25) is 0 Å². The van der Waals surface area contributed by atoms with Crippen molar-refractivity contribution in [2.45, 2.75) is 32.4 Å². The van der Waals surface area contributed by atoms with Crippen molar-refractivity contribution >= 4 is 29.9 Å². The average Bonchev–Trinajstić information content (AvgIpc) is 3.19. The fraction of sp³-hybridized carbons (Fsp3) is 0.562. The van der Waals surface area contributed by atoms with Gasteiger partial charge in [-0.05, 0) is 43.5 Å². The highest BCUT2D eigenvalue weighted by atomic mass is 127. The Bertz CT molecular complexity index is 499. The van der Waals surface area contributed by atoms with Gasteiger partial charge in [-0.2, -0.15) is 0 Å². The van der Waals surface area contributed by atoms with E-state index in [-0.39, 0.29) is 42.9 Å². The van der Waals surface area contributed by atoms with E-state index in [0.717, 1.165) is 18.9 Å². The molecule has 1 aromatic carbocycles. The van der Waals surface area contributed by atoms with E-state index >= 15 is 0 Å². The molecule has 0 radical (unpaired) electrons. The van der Waals surface area contributed by atoms with Crippen LogP contribution in [-0.2, 0) is 0 Å². The molecular formula is C16H25FIN3O2. The molecule has 1 saturated carbocycles. The molecule has 1 aromatic rings. The van der Waals surface area contributed by atoms with Crippen LogP contribution in [0.15, 0.2) is 29.3 Å². The maximum atomic E-state index is 12.8. The zero-order valence-corrected chi connectivity index (χ0v) is 15.8. The molecule has 0 heterocycles. The van der Waals surface area contributed by atoms with Crippen molar-refractivity contribution in [2.75, 3.05) is 19.7 Å². The summed E-state index contributed by atoms with van der Waals surface area (Å²) in [4.78, 5) is 4.36. The Morgan fingerprint density at radius 1 is 1.43 bits per heavy atom. The van der Waals surface area contributed by atoms with Crippen LogP contribution in [0, 0.1) is 11.7 Å². The monoisotopic (exact) mass is 437 g/mol. The smallest absolute Gasteiger partial charge is 0.191 e. The van der Waals surface area contributed by atoms with E-state index < -0.39 is 6.10 Å². The molecular weight excluding hydrogens is 412 g/mol. The molecule has 130 valence electrons. The average molecular weight is 437 g/mol. The lowest BCUT2D eigenvalue weighted by atomic mass is 10.3. The zero-order chi connectivity index (χ0) is 15.9. The molecule has 2 rings (SSSR count). The molecule has 5 nitrogen and oxygen atoms in total. The lowest BCUT2D eigenvalue weighted by molar-refractivity contribution is 0.114. The highest BCUT2D eigenvalue weighted by Crippen LogP contribution is 2.28. The van der Waals surface area contributed by atoms with Crippen molar-refractivity contribution in [3.05, 3.63) is 30.1 Å². The van der Waals surface area contributed by atoms with Crippen LogP contribution in [0.3, 0.4) is 0 Å². The number of hydrogen-bond acceptors (Lipinski definition) is 3. The first-order valence-corrected chi connectivity index (χ1v) is 7.69. The van der Waals surface area contributed by atoms with Crippen molar-refractivity contribution in [2.24, 2.45) is 10.9 Å². The van der Waals surface area contributed by atoms with Gasteiger partial charge in [-0.3, -0.25) is 4.99 Å². The molecule has 7 heteroatoms. The van der Waals surface area contributed by atoms with Gasteiger partial charge in [0.05, 0.1) is 6.54 Å². The molecule has 1 aliphatic carbocycles. The Morgan fingerprint density at radius 2 is 2.09 bits per heavy atom. The van der Waals surface area contributed by atoms with E-state index in [9.17, 15) is 9.50 Å².